The molecular weight excluding hydrogens is 374 g/mol. The third-order valence-corrected chi connectivity index (χ3v) is 5.67. The van der Waals surface area contributed by atoms with E-state index < -0.39 is 0 Å². The third-order valence-electron chi connectivity index (χ3n) is 5.67. The van der Waals surface area contributed by atoms with E-state index in [1.54, 1.807) is 13.2 Å². The van der Waals surface area contributed by atoms with Crippen molar-refractivity contribution < 1.29 is 14.3 Å². The predicted molar refractivity (Wildman–Crippen MR) is 123 cm³/mol. The van der Waals surface area contributed by atoms with E-state index in [1.165, 1.54) is 29.4 Å². The highest BCUT2D eigenvalue weighted by molar-refractivity contribution is 5.90. The molecule has 0 aliphatic heterocycles. The third kappa shape index (κ3) is 5.00. The molecule has 1 aliphatic rings. The lowest BCUT2D eigenvalue weighted by Gasteiger charge is -2.32. The molecule has 2 aromatic rings. The molecule has 2 aromatic carbocycles. The summed E-state index contributed by atoms with van der Waals surface area (Å²) in [4.78, 5) is 14.2. The number of methoxy groups -OCH3 is 2. The Morgan fingerprint density at radius 3 is 2.60 bits per heavy atom. The van der Waals surface area contributed by atoms with Gasteiger partial charge in [-0.25, -0.2) is 4.79 Å². The van der Waals surface area contributed by atoms with Gasteiger partial charge in [-0.15, -0.1) is 0 Å². The van der Waals surface area contributed by atoms with Crippen molar-refractivity contribution in [1.82, 2.24) is 4.90 Å². The number of allylic oxidation sites excluding steroid dienone is 2. The molecule has 1 aliphatic carbocycles. The van der Waals surface area contributed by atoms with E-state index >= 15 is 0 Å². The van der Waals surface area contributed by atoms with E-state index in [2.05, 4.69) is 50.2 Å². The van der Waals surface area contributed by atoms with Crippen LogP contribution in [0.4, 0.5) is 0 Å². The Bertz CT molecular complexity index is 972. The largest absolute Gasteiger partial charge is 0.497 e. The quantitative estimate of drug-likeness (QED) is 0.611. The lowest BCUT2D eigenvalue weighted by atomic mass is 9.76. The van der Waals surface area contributed by atoms with Crippen molar-refractivity contribution in [3.63, 3.8) is 0 Å². The number of carbonyl (C=O) groups is 1. The normalized spacial score (nSPS) is 18.1. The number of rotatable bonds is 6. The Balaban J connectivity index is 2.06. The molecule has 1 atom stereocenters. The second kappa shape index (κ2) is 9.77. The molecule has 4 heteroatoms. The molecular formula is C26H31NO3. The minimum Gasteiger partial charge on any atom is -0.497 e. The van der Waals surface area contributed by atoms with Crippen LogP contribution >= 0.6 is 0 Å². The summed E-state index contributed by atoms with van der Waals surface area (Å²) in [5.74, 6) is 1.03. The fourth-order valence-electron chi connectivity index (χ4n) is 4.26. The van der Waals surface area contributed by atoms with Crippen LogP contribution in [0.2, 0.25) is 0 Å². The molecule has 0 bridgehead atoms. The maximum atomic E-state index is 11.9. The number of esters is 1. The van der Waals surface area contributed by atoms with E-state index in [1.807, 2.05) is 24.3 Å². The number of carbonyl (C=O) groups excluding carboxylic acids is 1. The molecule has 0 saturated heterocycles. The van der Waals surface area contributed by atoms with Gasteiger partial charge in [0.15, 0.2) is 0 Å². The van der Waals surface area contributed by atoms with Crippen LogP contribution in [0, 0.1) is 5.92 Å². The lowest BCUT2D eigenvalue weighted by Crippen LogP contribution is -2.25. The first-order valence-electron chi connectivity index (χ1n) is 10.3. The van der Waals surface area contributed by atoms with Crippen molar-refractivity contribution in [3.8, 4) is 5.75 Å². The molecule has 3 rings (SSSR count). The zero-order valence-corrected chi connectivity index (χ0v) is 18.6. The summed E-state index contributed by atoms with van der Waals surface area (Å²) in [5.41, 5.74) is 6.80. The highest BCUT2D eigenvalue weighted by Gasteiger charge is 2.26. The topological polar surface area (TPSA) is 38.8 Å². The average Bonchev–Trinajstić information content (AvgIpc) is 2.75. The van der Waals surface area contributed by atoms with E-state index in [4.69, 9.17) is 9.47 Å². The lowest BCUT2D eigenvalue weighted by molar-refractivity contribution is 0.0600. The Kier molecular flexibility index (Phi) is 7.11. The van der Waals surface area contributed by atoms with E-state index in [0.29, 0.717) is 11.5 Å². The molecule has 1 unspecified atom stereocenters. The summed E-state index contributed by atoms with van der Waals surface area (Å²) in [6.07, 6.45) is 4.30. The van der Waals surface area contributed by atoms with Gasteiger partial charge < -0.3 is 14.4 Å². The van der Waals surface area contributed by atoms with Gasteiger partial charge in [-0.3, -0.25) is 0 Å². The van der Waals surface area contributed by atoms with Crippen LogP contribution in [0.3, 0.4) is 0 Å². The van der Waals surface area contributed by atoms with Gasteiger partial charge in [0, 0.05) is 6.54 Å². The second-order valence-corrected chi connectivity index (χ2v) is 8.06. The fraction of sp³-hybridized carbons (Fsp3) is 0.346. The molecule has 30 heavy (non-hydrogen) atoms. The zero-order valence-electron chi connectivity index (χ0n) is 18.6. The van der Waals surface area contributed by atoms with Gasteiger partial charge in [0.05, 0.1) is 19.8 Å². The number of hydrogen-bond acceptors (Lipinski definition) is 4. The van der Waals surface area contributed by atoms with Crippen molar-refractivity contribution in [2.24, 2.45) is 5.92 Å². The van der Waals surface area contributed by atoms with Gasteiger partial charge in [-0.05, 0) is 91.9 Å². The summed E-state index contributed by atoms with van der Waals surface area (Å²) in [5, 5.41) is 0. The average molecular weight is 406 g/mol. The summed E-state index contributed by atoms with van der Waals surface area (Å²) in [6.45, 7) is 3.22. The molecule has 158 valence electrons. The molecule has 0 saturated carbocycles. The van der Waals surface area contributed by atoms with Crippen LogP contribution in [0.25, 0.3) is 11.6 Å². The molecule has 0 fully saturated rings. The zero-order chi connectivity index (χ0) is 21.7. The molecule has 0 heterocycles. The van der Waals surface area contributed by atoms with Crippen molar-refractivity contribution in [2.45, 2.75) is 19.8 Å². The van der Waals surface area contributed by atoms with Gasteiger partial charge in [0.25, 0.3) is 0 Å². The fourth-order valence-corrected chi connectivity index (χ4v) is 4.26. The van der Waals surface area contributed by atoms with Gasteiger partial charge in [0.2, 0.25) is 0 Å². The standard InChI is InChI=1S/C26H31NO3/c1-18-20(14-19-8-6-10-22(15-19)26(28)30-5)12-13-23(17-27(2)3)25(18)21-9-7-11-24(16-21)29-4/h6-11,14-16,23H,12-13,17H2,1-5H3/b20-14-. The maximum Gasteiger partial charge on any atom is 0.337 e. The highest BCUT2D eigenvalue weighted by atomic mass is 16.5. The molecule has 0 spiro atoms. The Labute approximate surface area is 179 Å². The molecule has 0 amide bonds. The van der Waals surface area contributed by atoms with E-state index in [0.717, 1.165) is 30.7 Å². The van der Waals surface area contributed by atoms with Crippen molar-refractivity contribution in [1.29, 1.82) is 0 Å². The van der Waals surface area contributed by atoms with E-state index in [9.17, 15) is 4.79 Å². The Morgan fingerprint density at radius 1 is 1.13 bits per heavy atom. The minimum atomic E-state index is -0.311. The van der Waals surface area contributed by atoms with Gasteiger partial charge in [-0.1, -0.05) is 30.3 Å². The van der Waals surface area contributed by atoms with Gasteiger partial charge in [0.1, 0.15) is 5.75 Å². The summed E-state index contributed by atoms with van der Waals surface area (Å²) >= 11 is 0. The molecule has 4 nitrogen and oxygen atoms in total. The van der Waals surface area contributed by atoms with Crippen LogP contribution in [0.1, 0.15) is 41.3 Å². The second-order valence-electron chi connectivity index (χ2n) is 8.06. The highest BCUT2D eigenvalue weighted by Crippen LogP contribution is 2.41. The first-order chi connectivity index (χ1) is 14.4. The molecule has 0 radical (unpaired) electrons. The minimum absolute atomic E-state index is 0.311. The summed E-state index contributed by atoms with van der Waals surface area (Å²) in [6, 6.07) is 15.9. The SMILES string of the molecule is COC(=O)c1cccc(/C=C2/CCC(CN(C)C)C(c3cccc(OC)c3)=C2C)c1. The first kappa shape index (κ1) is 21.8. The van der Waals surface area contributed by atoms with Crippen LogP contribution in [0.15, 0.2) is 59.7 Å². The number of hydrogen-bond donors (Lipinski definition) is 0. The maximum absolute atomic E-state index is 11.9. The molecule has 0 aromatic heterocycles. The first-order valence-corrected chi connectivity index (χ1v) is 10.3. The van der Waals surface area contributed by atoms with E-state index in [-0.39, 0.29) is 5.97 Å². The summed E-state index contributed by atoms with van der Waals surface area (Å²) < 4.78 is 10.3. The molecule has 0 N–H and O–H groups in total. The van der Waals surface area contributed by atoms with Crippen LogP contribution < -0.4 is 4.74 Å². The number of ether oxygens (including phenoxy) is 2. The van der Waals surface area contributed by atoms with Crippen LogP contribution in [-0.4, -0.2) is 45.7 Å². The summed E-state index contributed by atoms with van der Waals surface area (Å²) in [7, 11) is 7.37. The Hall–Kier alpha value is -2.85. The number of benzene rings is 2. The van der Waals surface area contributed by atoms with Crippen molar-refractivity contribution in [3.05, 3.63) is 76.4 Å². The van der Waals surface area contributed by atoms with Crippen molar-refractivity contribution >= 4 is 17.6 Å². The predicted octanol–water partition coefficient (Wildman–Crippen LogP) is 5.31. The van der Waals surface area contributed by atoms with Gasteiger partial charge in [-0.2, -0.15) is 0 Å². The smallest absolute Gasteiger partial charge is 0.337 e. The van der Waals surface area contributed by atoms with Crippen LogP contribution in [0.5, 0.6) is 5.75 Å². The van der Waals surface area contributed by atoms with Crippen LogP contribution in [-0.2, 0) is 4.74 Å². The Morgan fingerprint density at radius 2 is 1.90 bits per heavy atom. The number of nitrogens with zero attached hydrogens (tertiary/aromatic N) is 1. The monoisotopic (exact) mass is 405 g/mol. The van der Waals surface area contributed by atoms with Crippen molar-refractivity contribution in [2.75, 3.05) is 34.9 Å². The van der Waals surface area contributed by atoms with Gasteiger partial charge >= 0.3 is 5.97 Å².